The van der Waals surface area contributed by atoms with E-state index in [0.29, 0.717) is 30.5 Å². The summed E-state index contributed by atoms with van der Waals surface area (Å²) >= 11 is 0. The molecule has 7 unspecified atom stereocenters. The third-order valence-corrected chi connectivity index (χ3v) is 8.37. The second-order valence-corrected chi connectivity index (χ2v) is 9.42. The summed E-state index contributed by atoms with van der Waals surface area (Å²) in [5.74, 6) is 1.39. The van der Waals surface area contributed by atoms with Crippen LogP contribution in [-0.4, -0.2) is 34.5 Å². The molecular formula is C21H30O4. The fraction of sp³-hybridized carbons (Fsp3) is 0.810. The average molecular weight is 346 g/mol. The minimum Gasteiger partial charge on any atom is -0.394 e. The molecule has 25 heavy (non-hydrogen) atoms. The number of carbonyl (C=O) groups excluding carboxylic acids is 2. The van der Waals surface area contributed by atoms with Crippen LogP contribution in [0.4, 0.5) is 0 Å². The maximum atomic E-state index is 13.3. The molecule has 0 aromatic carbocycles. The zero-order valence-corrected chi connectivity index (χ0v) is 15.3. The Kier molecular flexibility index (Phi) is 4.01. The molecular weight excluding hydrogens is 316 g/mol. The van der Waals surface area contributed by atoms with Crippen LogP contribution in [0.5, 0.6) is 0 Å². The Bertz CT molecular complexity index is 638. The molecule has 0 aromatic rings. The SMILES string of the molecule is CC12CCC(=O)C=C1CCC1C2C(=O)CC2(C)C(C(O)CO)CCC12. The van der Waals surface area contributed by atoms with E-state index in [1.54, 1.807) is 0 Å². The van der Waals surface area contributed by atoms with Crippen LogP contribution in [0.1, 0.15) is 58.8 Å². The van der Waals surface area contributed by atoms with Crippen molar-refractivity contribution in [3.8, 4) is 0 Å². The molecule has 0 aromatic heterocycles. The number of aliphatic hydroxyl groups is 2. The predicted octanol–water partition coefficient (Wildman–Crippen LogP) is 2.67. The molecule has 4 rings (SSSR count). The Morgan fingerprint density at radius 3 is 2.68 bits per heavy atom. The Morgan fingerprint density at radius 2 is 1.96 bits per heavy atom. The molecule has 0 amide bonds. The average Bonchev–Trinajstić information content (AvgIpc) is 2.91. The molecule has 7 atom stereocenters. The van der Waals surface area contributed by atoms with Crippen LogP contribution in [-0.2, 0) is 9.59 Å². The van der Waals surface area contributed by atoms with Crippen molar-refractivity contribution in [1.29, 1.82) is 0 Å². The van der Waals surface area contributed by atoms with E-state index in [4.69, 9.17) is 0 Å². The summed E-state index contributed by atoms with van der Waals surface area (Å²) in [4.78, 5) is 25.2. The molecule has 4 aliphatic rings. The molecule has 0 spiro atoms. The summed E-state index contributed by atoms with van der Waals surface area (Å²) in [6, 6.07) is 0. The first kappa shape index (κ1) is 17.4. The van der Waals surface area contributed by atoms with Gasteiger partial charge in [-0.15, -0.1) is 0 Å². The monoisotopic (exact) mass is 346 g/mol. The molecule has 3 saturated carbocycles. The van der Waals surface area contributed by atoms with Crippen LogP contribution in [0.15, 0.2) is 11.6 Å². The van der Waals surface area contributed by atoms with Gasteiger partial charge in [-0.05, 0) is 66.8 Å². The van der Waals surface area contributed by atoms with Gasteiger partial charge in [-0.3, -0.25) is 9.59 Å². The van der Waals surface area contributed by atoms with Gasteiger partial charge in [-0.25, -0.2) is 0 Å². The first-order valence-electron chi connectivity index (χ1n) is 9.87. The second kappa shape index (κ2) is 5.75. The topological polar surface area (TPSA) is 74.6 Å². The van der Waals surface area contributed by atoms with E-state index in [9.17, 15) is 19.8 Å². The standard InChI is InChI=1S/C21H30O4/c1-20-8-7-13(23)9-12(20)3-4-14-15-5-6-16(18(25)11-22)21(15,2)10-17(24)19(14)20/h9,14-16,18-19,22,25H,3-8,10-11H2,1-2H3. The van der Waals surface area contributed by atoms with Crippen molar-refractivity contribution in [1.82, 2.24) is 0 Å². The summed E-state index contributed by atoms with van der Waals surface area (Å²) in [5, 5.41) is 19.7. The maximum absolute atomic E-state index is 13.3. The Hall–Kier alpha value is -1.00. The van der Waals surface area contributed by atoms with Crippen LogP contribution in [0.2, 0.25) is 0 Å². The van der Waals surface area contributed by atoms with E-state index < -0.39 is 6.10 Å². The van der Waals surface area contributed by atoms with Gasteiger partial charge in [0.15, 0.2) is 5.78 Å². The number of rotatable bonds is 2. The van der Waals surface area contributed by atoms with Crippen LogP contribution < -0.4 is 0 Å². The van der Waals surface area contributed by atoms with E-state index in [0.717, 1.165) is 32.1 Å². The van der Waals surface area contributed by atoms with Crippen LogP contribution in [0.3, 0.4) is 0 Å². The highest BCUT2D eigenvalue weighted by atomic mass is 16.3. The molecule has 0 heterocycles. The van der Waals surface area contributed by atoms with E-state index in [1.165, 1.54) is 5.57 Å². The van der Waals surface area contributed by atoms with Gasteiger partial charge >= 0.3 is 0 Å². The number of ketones is 2. The lowest BCUT2D eigenvalue weighted by Crippen LogP contribution is -2.55. The molecule has 0 saturated heterocycles. The van der Waals surface area contributed by atoms with Gasteiger partial charge in [0.2, 0.25) is 0 Å². The molecule has 2 N–H and O–H groups in total. The van der Waals surface area contributed by atoms with E-state index in [-0.39, 0.29) is 35.1 Å². The van der Waals surface area contributed by atoms with Gasteiger partial charge in [0.1, 0.15) is 5.78 Å². The minimum absolute atomic E-state index is 0.0186. The molecule has 0 bridgehead atoms. The molecule has 4 aliphatic carbocycles. The van der Waals surface area contributed by atoms with Crippen LogP contribution in [0.25, 0.3) is 0 Å². The quantitative estimate of drug-likeness (QED) is 0.806. The number of fused-ring (bicyclic) bond motifs is 5. The Labute approximate surface area is 149 Å². The summed E-state index contributed by atoms with van der Waals surface area (Å²) < 4.78 is 0. The predicted molar refractivity (Wildman–Crippen MR) is 93.7 cm³/mol. The highest BCUT2D eigenvalue weighted by Crippen LogP contribution is 2.65. The van der Waals surface area contributed by atoms with Gasteiger partial charge in [0.05, 0.1) is 12.7 Å². The van der Waals surface area contributed by atoms with Gasteiger partial charge in [0.25, 0.3) is 0 Å². The lowest BCUT2D eigenvalue weighted by Gasteiger charge is -2.57. The second-order valence-electron chi connectivity index (χ2n) is 9.42. The maximum Gasteiger partial charge on any atom is 0.155 e. The first-order valence-corrected chi connectivity index (χ1v) is 9.87. The fourth-order valence-corrected chi connectivity index (χ4v) is 7.18. The zero-order valence-electron chi connectivity index (χ0n) is 15.3. The van der Waals surface area contributed by atoms with Gasteiger partial charge < -0.3 is 10.2 Å². The Balaban J connectivity index is 1.70. The van der Waals surface area contributed by atoms with Gasteiger partial charge in [-0.1, -0.05) is 19.4 Å². The van der Waals surface area contributed by atoms with Crippen LogP contribution in [0, 0.1) is 34.5 Å². The highest BCUT2D eigenvalue weighted by Gasteiger charge is 2.62. The van der Waals surface area contributed by atoms with Gasteiger partial charge in [-0.2, -0.15) is 0 Å². The summed E-state index contributed by atoms with van der Waals surface area (Å²) in [6.45, 7) is 4.15. The first-order chi connectivity index (χ1) is 11.8. The van der Waals surface area contributed by atoms with Crippen molar-refractivity contribution in [2.45, 2.75) is 64.9 Å². The third kappa shape index (κ3) is 2.33. The highest BCUT2D eigenvalue weighted by molar-refractivity contribution is 5.93. The summed E-state index contributed by atoms with van der Waals surface area (Å²) in [5.41, 5.74) is 0.859. The molecule has 0 radical (unpaired) electrons. The van der Waals surface area contributed by atoms with Crippen molar-refractivity contribution in [2.24, 2.45) is 34.5 Å². The number of aliphatic hydroxyl groups excluding tert-OH is 2. The minimum atomic E-state index is -0.721. The number of carbonyl (C=O) groups is 2. The van der Waals surface area contributed by atoms with Crippen molar-refractivity contribution >= 4 is 11.6 Å². The summed E-state index contributed by atoms with van der Waals surface area (Å²) in [6.07, 6.45) is 6.83. The van der Waals surface area contributed by atoms with E-state index in [1.807, 2.05) is 6.08 Å². The van der Waals surface area contributed by atoms with Crippen molar-refractivity contribution in [3.05, 3.63) is 11.6 Å². The van der Waals surface area contributed by atoms with E-state index in [2.05, 4.69) is 13.8 Å². The number of hydrogen-bond acceptors (Lipinski definition) is 4. The lowest BCUT2D eigenvalue weighted by molar-refractivity contribution is -0.149. The third-order valence-electron chi connectivity index (χ3n) is 8.37. The molecule has 3 fully saturated rings. The number of hydrogen-bond donors (Lipinski definition) is 2. The Morgan fingerprint density at radius 1 is 1.20 bits per heavy atom. The normalized spacial score (nSPS) is 47.6. The summed E-state index contributed by atoms with van der Waals surface area (Å²) in [7, 11) is 0. The number of Topliss-reactive ketones (excluding diaryl/α,β-unsaturated/α-hetero) is 1. The molecule has 0 aliphatic heterocycles. The van der Waals surface area contributed by atoms with Gasteiger partial charge in [0, 0.05) is 18.8 Å². The van der Waals surface area contributed by atoms with Crippen molar-refractivity contribution in [3.63, 3.8) is 0 Å². The largest absolute Gasteiger partial charge is 0.394 e. The van der Waals surface area contributed by atoms with Crippen LogP contribution >= 0.6 is 0 Å². The van der Waals surface area contributed by atoms with Crippen molar-refractivity contribution in [2.75, 3.05) is 6.61 Å². The molecule has 4 nitrogen and oxygen atoms in total. The smallest absolute Gasteiger partial charge is 0.155 e. The molecule has 138 valence electrons. The van der Waals surface area contributed by atoms with E-state index >= 15 is 0 Å². The zero-order chi connectivity index (χ0) is 18.0. The van der Waals surface area contributed by atoms with Crippen molar-refractivity contribution < 1.29 is 19.8 Å². The lowest BCUT2D eigenvalue weighted by atomic mass is 9.46. The fourth-order valence-electron chi connectivity index (χ4n) is 7.18. The number of allylic oxidation sites excluding steroid dienone is 1. The molecule has 4 heteroatoms.